The summed E-state index contributed by atoms with van der Waals surface area (Å²) in [6.07, 6.45) is 4.90. The Balaban J connectivity index is 2.91. The van der Waals surface area contributed by atoms with Gasteiger partial charge in [-0.15, -0.1) is 12.3 Å². The van der Waals surface area contributed by atoms with Crippen molar-refractivity contribution in [2.75, 3.05) is 0 Å². The Labute approximate surface area is 117 Å². The van der Waals surface area contributed by atoms with Gasteiger partial charge in [-0.3, -0.25) is 4.79 Å². The number of nitrogens with one attached hydrogen (secondary N) is 1. The highest BCUT2D eigenvalue weighted by molar-refractivity contribution is 14.1. The van der Waals surface area contributed by atoms with E-state index in [0.717, 1.165) is 3.57 Å². The fourth-order valence-electron chi connectivity index (χ4n) is 1.24. The lowest BCUT2D eigenvalue weighted by Crippen LogP contribution is -2.40. The number of hydrogen-bond donors (Lipinski definition) is 3. The maximum Gasteiger partial charge on any atom is 0.327 e. The molecule has 1 amide bonds. The fourth-order valence-corrected chi connectivity index (χ4v) is 1.74. The number of carboxylic acids is 1. The summed E-state index contributed by atoms with van der Waals surface area (Å²) in [5, 5.41) is 20.6. The van der Waals surface area contributed by atoms with Crippen LogP contribution < -0.4 is 5.32 Å². The van der Waals surface area contributed by atoms with E-state index >= 15 is 0 Å². The summed E-state index contributed by atoms with van der Waals surface area (Å²) in [5.41, 5.74) is 0.0187. The lowest BCUT2D eigenvalue weighted by molar-refractivity contribution is -0.139. The van der Waals surface area contributed by atoms with Gasteiger partial charge in [0, 0.05) is 9.99 Å². The van der Waals surface area contributed by atoms with Crippen LogP contribution in [0, 0.1) is 15.9 Å². The lowest BCUT2D eigenvalue weighted by atomic mass is 10.1. The third-order valence-electron chi connectivity index (χ3n) is 2.13. The first kappa shape index (κ1) is 14.3. The monoisotopic (exact) mass is 359 g/mol. The molecule has 1 aromatic carbocycles. The third-order valence-corrected chi connectivity index (χ3v) is 2.80. The van der Waals surface area contributed by atoms with E-state index in [1.807, 2.05) is 22.6 Å². The predicted octanol–water partition coefficient (Wildman–Crippen LogP) is 1.20. The molecule has 0 spiro atoms. The van der Waals surface area contributed by atoms with Gasteiger partial charge in [0.25, 0.3) is 5.91 Å². The molecular weight excluding hydrogens is 349 g/mol. The molecule has 0 bridgehead atoms. The van der Waals surface area contributed by atoms with Crippen molar-refractivity contribution >= 4 is 34.5 Å². The SMILES string of the molecule is C#CCC(NC(=O)c1cc(I)ccc1O)C(=O)O. The predicted molar refractivity (Wildman–Crippen MR) is 73.2 cm³/mol. The molecule has 0 heterocycles. The number of carbonyl (C=O) groups is 2. The molecular formula is C12H10INO4. The molecule has 0 aliphatic carbocycles. The van der Waals surface area contributed by atoms with Gasteiger partial charge in [0.05, 0.1) is 5.56 Å². The molecule has 0 saturated heterocycles. The van der Waals surface area contributed by atoms with Crippen molar-refractivity contribution in [1.29, 1.82) is 0 Å². The van der Waals surface area contributed by atoms with E-state index < -0.39 is 17.9 Å². The van der Waals surface area contributed by atoms with Crippen molar-refractivity contribution in [3.8, 4) is 18.1 Å². The molecule has 0 fully saturated rings. The fraction of sp³-hybridized carbons (Fsp3) is 0.167. The molecule has 18 heavy (non-hydrogen) atoms. The standard InChI is InChI=1S/C12H10INO4/c1-2-3-9(12(17)18)14-11(16)8-6-7(13)4-5-10(8)15/h1,4-6,9,15H,3H2,(H,14,16)(H,17,18). The average molecular weight is 359 g/mol. The second kappa shape index (κ2) is 6.26. The first-order chi connectivity index (χ1) is 8.45. The molecule has 5 nitrogen and oxygen atoms in total. The Morgan fingerprint density at radius 1 is 1.50 bits per heavy atom. The van der Waals surface area contributed by atoms with Gasteiger partial charge in [-0.1, -0.05) is 0 Å². The van der Waals surface area contributed by atoms with Gasteiger partial charge in [-0.2, -0.15) is 0 Å². The summed E-state index contributed by atoms with van der Waals surface area (Å²) < 4.78 is 0.749. The maximum absolute atomic E-state index is 11.8. The molecule has 1 aromatic rings. The number of carboxylic acid groups (broad SMARTS) is 1. The first-order valence-electron chi connectivity index (χ1n) is 4.91. The zero-order valence-corrected chi connectivity index (χ0v) is 11.3. The van der Waals surface area contributed by atoms with E-state index in [2.05, 4.69) is 11.2 Å². The number of carbonyl (C=O) groups excluding carboxylic acids is 1. The number of benzene rings is 1. The Bertz CT molecular complexity index is 521. The van der Waals surface area contributed by atoms with Crippen molar-refractivity contribution in [2.24, 2.45) is 0 Å². The molecule has 1 atom stereocenters. The van der Waals surface area contributed by atoms with Gasteiger partial charge in [0.1, 0.15) is 11.8 Å². The highest BCUT2D eigenvalue weighted by atomic mass is 127. The molecule has 0 aliphatic rings. The van der Waals surface area contributed by atoms with Crippen LogP contribution in [0.15, 0.2) is 18.2 Å². The number of phenolic OH excluding ortho intramolecular Hbond substituents is 1. The minimum Gasteiger partial charge on any atom is -0.507 e. The highest BCUT2D eigenvalue weighted by Crippen LogP contribution is 2.19. The molecule has 0 saturated carbocycles. The molecule has 0 radical (unpaired) electrons. The molecule has 0 aromatic heterocycles. The van der Waals surface area contributed by atoms with E-state index in [4.69, 9.17) is 11.5 Å². The van der Waals surface area contributed by atoms with E-state index in [9.17, 15) is 14.7 Å². The van der Waals surface area contributed by atoms with Crippen LogP contribution in [-0.4, -0.2) is 28.1 Å². The highest BCUT2D eigenvalue weighted by Gasteiger charge is 2.21. The number of amides is 1. The first-order valence-corrected chi connectivity index (χ1v) is 5.99. The van der Waals surface area contributed by atoms with E-state index in [1.54, 1.807) is 6.07 Å². The van der Waals surface area contributed by atoms with E-state index in [1.165, 1.54) is 12.1 Å². The summed E-state index contributed by atoms with van der Waals surface area (Å²) in [6, 6.07) is 3.29. The maximum atomic E-state index is 11.8. The van der Waals surface area contributed by atoms with Crippen LogP contribution in [0.4, 0.5) is 0 Å². The third kappa shape index (κ3) is 3.63. The van der Waals surface area contributed by atoms with Crippen LogP contribution >= 0.6 is 22.6 Å². The van der Waals surface area contributed by atoms with Gasteiger partial charge < -0.3 is 15.5 Å². The summed E-state index contributed by atoms with van der Waals surface area (Å²) in [4.78, 5) is 22.6. The van der Waals surface area contributed by atoms with Crippen molar-refractivity contribution < 1.29 is 19.8 Å². The quantitative estimate of drug-likeness (QED) is 0.557. The second-order valence-electron chi connectivity index (χ2n) is 3.43. The van der Waals surface area contributed by atoms with Gasteiger partial charge in [-0.25, -0.2) is 4.79 Å². The average Bonchev–Trinajstić information content (AvgIpc) is 2.31. The Hall–Kier alpha value is -1.75. The number of aromatic hydroxyl groups is 1. The molecule has 3 N–H and O–H groups in total. The van der Waals surface area contributed by atoms with Gasteiger partial charge in [-0.05, 0) is 40.8 Å². The summed E-state index contributed by atoms with van der Waals surface area (Å²) >= 11 is 1.98. The largest absolute Gasteiger partial charge is 0.507 e. The Kier molecular flexibility index (Phi) is 4.97. The van der Waals surface area contributed by atoms with Crippen LogP contribution in [0.1, 0.15) is 16.8 Å². The van der Waals surface area contributed by atoms with Crippen LogP contribution in [-0.2, 0) is 4.79 Å². The number of hydrogen-bond acceptors (Lipinski definition) is 3. The van der Waals surface area contributed by atoms with E-state index in [0.29, 0.717) is 0 Å². The number of terminal acetylenes is 1. The van der Waals surface area contributed by atoms with Gasteiger partial charge >= 0.3 is 5.97 Å². The minimum atomic E-state index is -1.22. The minimum absolute atomic E-state index is 0.0187. The molecule has 1 rings (SSSR count). The molecule has 94 valence electrons. The van der Waals surface area contributed by atoms with Crippen molar-refractivity contribution in [2.45, 2.75) is 12.5 Å². The molecule has 0 aliphatic heterocycles. The summed E-state index contributed by atoms with van der Waals surface area (Å²) in [6.45, 7) is 0. The smallest absolute Gasteiger partial charge is 0.327 e. The van der Waals surface area contributed by atoms with Crippen LogP contribution in [0.3, 0.4) is 0 Å². The van der Waals surface area contributed by atoms with E-state index in [-0.39, 0.29) is 17.7 Å². The summed E-state index contributed by atoms with van der Waals surface area (Å²) in [5.74, 6) is 0.0732. The molecule has 1 unspecified atom stereocenters. The number of phenols is 1. The van der Waals surface area contributed by atoms with Crippen molar-refractivity contribution in [3.63, 3.8) is 0 Å². The number of halogens is 1. The lowest BCUT2D eigenvalue weighted by Gasteiger charge is -2.12. The van der Waals surface area contributed by atoms with Crippen molar-refractivity contribution in [3.05, 3.63) is 27.3 Å². The Morgan fingerprint density at radius 2 is 2.17 bits per heavy atom. The van der Waals surface area contributed by atoms with Gasteiger partial charge in [0.15, 0.2) is 0 Å². The van der Waals surface area contributed by atoms with Crippen molar-refractivity contribution in [1.82, 2.24) is 5.32 Å². The normalized spacial score (nSPS) is 11.3. The Morgan fingerprint density at radius 3 is 2.72 bits per heavy atom. The second-order valence-corrected chi connectivity index (χ2v) is 4.68. The van der Waals surface area contributed by atoms with Crippen LogP contribution in [0.2, 0.25) is 0 Å². The molecule has 6 heteroatoms. The zero-order chi connectivity index (χ0) is 13.7. The number of rotatable bonds is 4. The summed E-state index contributed by atoms with van der Waals surface area (Å²) in [7, 11) is 0. The van der Waals surface area contributed by atoms with Gasteiger partial charge in [0.2, 0.25) is 0 Å². The number of aliphatic carboxylic acids is 1. The zero-order valence-electron chi connectivity index (χ0n) is 9.18. The van der Waals surface area contributed by atoms with Crippen LogP contribution in [0.25, 0.3) is 0 Å². The topological polar surface area (TPSA) is 86.6 Å². The van der Waals surface area contributed by atoms with Crippen LogP contribution in [0.5, 0.6) is 5.75 Å².